The second kappa shape index (κ2) is 2.74. The van der Waals surface area contributed by atoms with Crippen LogP contribution in [0.5, 0.6) is 0 Å². The first kappa shape index (κ1) is 9.06. The van der Waals surface area contributed by atoms with Crippen LogP contribution in [-0.4, -0.2) is 4.98 Å². The minimum atomic E-state index is 0.175. The average molecular weight is 190 g/mol. The third-order valence-electron chi connectivity index (χ3n) is 2.42. The van der Waals surface area contributed by atoms with Crippen molar-refractivity contribution in [1.29, 1.82) is 0 Å². The number of imidazole rings is 1. The van der Waals surface area contributed by atoms with Gasteiger partial charge in [-0.25, -0.2) is 9.97 Å². The number of aromatic nitrogens is 2. The fourth-order valence-corrected chi connectivity index (χ4v) is 1.54. The van der Waals surface area contributed by atoms with E-state index in [1.165, 1.54) is 5.56 Å². The molecule has 0 amide bonds. The number of aromatic amines is 2. The lowest BCUT2D eigenvalue weighted by molar-refractivity contribution is -0.325. The Labute approximate surface area is 83.3 Å². The lowest BCUT2D eigenvalue weighted by Gasteiger charge is -2.18. The van der Waals surface area contributed by atoms with Gasteiger partial charge in [0.05, 0.1) is 0 Å². The summed E-state index contributed by atoms with van der Waals surface area (Å²) in [6, 6.07) is 6.33. The van der Waals surface area contributed by atoms with Crippen LogP contribution in [0.2, 0.25) is 0 Å². The van der Waals surface area contributed by atoms with E-state index in [4.69, 9.17) is 5.73 Å². The van der Waals surface area contributed by atoms with E-state index in [1.807, 2.05) is 0 Å². The highest BCUT2D eigenvalue weighted by Crippen LogP contribution is 2.24. The predicted octanol–water partition coefficient (Wildman–Crippen LogP) is 1.86. The molecule has 2 rings (SSSR count). The van der Waals surface area contributed by atoms with Gasteiger partial charge >= 0.3 is 5.95 Å². The minimum absolute atomic E-state index is 0.175. The summed E-state index contributed by atoms with van der Waals surface area (Å²) in [5.41, 5.74) is 9.24. The first-order valence-electron chi connectivity index (χ1n) is 4.78. The van der Waals surface area contributed by atoms with Crippen molar-refractivity contribution in [3.05, 3.63) is 23.8 Å². The van der Waals surface area contributed by atoms with Crippen LogP contribution in [0.25, 0.3) is 11.0 Å². The number of fused-ring (bicyclic) bond motifs is 1. The second-order valence-corrected chi connectivity index (χ2v) is 4.67. The van der Waals surface area contributed by atoms with E-state index >= 15 is 0 Å². The van der Waals surface area contributed by atoms with Gasteiger partial charge in [0.2, 0.25) is 0 Å². The van der Waals surface area contributed by atoms with Crippen molar-refractivity contribution in [3.8, 4) is 0 Å². The molecule has 4 N–H and O–H groups in total. The molecule has 0 saturated heterocycles. The number of nitrogens with one attached hydrogen (secondary N) is 2. The van der Waals surface area contributed by atoms with Crippen LogP contribution in [-0.2, 0) is 5.41 Å². The molecule has 74 valence electrons. The summed E-state index contributed by atoms with van der Waals surface area (Å²) in [7, 11) is 0. The number of nitrogen functional groups attached to an aromatic ring is 1. The smallest absolute Gasteiger partial charge is 0.290 e. The van der Waals surface area contributed by atoms with E-state index in [2.05, 4.69) is 48.9 Å². The van der Waals surface area contributed by atoms with Crippen molar-refractivity contribution < 1.29 is 4.98 Å². The van der Waals surface area contributed by atoms with E-state index < -0.39 is 0 Å². The van der Waals surface area contributed by atoms with Gasteiger partial charge in [0.1, 0.15) is 11.0 Å². The Morgan fingerprint density at radius 3 is 2.64 bits per heavy atom. The standard InChI is InChI=1S/C11H15N3/c1-11(2,3)7-4-5-8-9(6-7)14-10(12)13-8/h4-6H,1-3H3,(H3,12,13,14)/p+1. The molecular formula is C11H16N3+. The van der Waals surface area contributed by atoms with Crippen molar-refractivity contribution in [2.45, 2.75) is 26.2 Å². The lowest BCUT2D eigenvalue weighted by Crippen LogP contribution is -2.11. The van der Waals surface area contributed by atoms with Gasteiger partial charge < -0.3 is 0 Å². The zero-order valence-corrected chi connectivity index (χ0v) is 8.81. The van der Waals surface area contributed by atoms with Crippen LogP contribution in [0.4, 0.5) is 5.95 Å². The van der Waals surface area contributed by atoms with Gasteiger partial charge in [-0.1, -0.05) is 26.8 Å². The molecule has 0 bridgehead atoms. The monoisotopic (exact) mass is 190 g/mol. The molecule has 0 atom stereocenters. The summed E-state index contributed by atoms with van der Waals surface area (Å²) >= 11 is 0. The number of anilines is 1. The van der Waals surface area contributed by atoms with E-state index in [0.717, 1.165) is 11.0 Å². The summed E-state index contributed by atoms with van der Waals surface area (Å²) in [6.07, 6.45) is 0. The molecule has 0 aliphatic rings. The van der Waals surface area contributed by atoms with Gasteiger partial charge in [0, 0.05) is 0 Å². The van der Waals surface area contributed by atoms with Gasteiger partial charge in [0.15, 0.2) is 0 Å². The largest absolute Gasteiger partial charge is 0.351 e. The molecule has 0 aliphatic carbocycles. The summed E-state index contributed by atoms with van der Waals surface area (Å²) < 4.78 is 0. The molecule has 14 heavy (non-hydrogen) atoms. The normalized spacial score (nSPS) is 12.2. The molecule has 3 nitrogen and oxygen atoms in total. The van der Waals surface area contributed by atoms with E-state index in [0.29, 0.717) is 5.95 Å². The second-order valence-electron chi connectivity index (χ2n) is 4.67. The zero-order chi connectivity index (χ0) is 10.3. The molecule has 1 heterocycles. The summed E-state index contributed by atoms with van der Waals surface area (Å²) in [4.78, 5) is 6.15. The molecule has 0 fully saturated rings. The quantitative estimate of drug-likeness (QED) is 0.654. The Morgan fingerprint density at radius 2 is 2.00 bits per heavy atom. The molecule has 1 aromatic carbocycles. The van der Waals surface area contributed by atoms with Crippen LogP contribution in [0.3, 0.4) is 0 Å². The molecule has 0 aliphatic heterocycles. The summed E-state index contributed by atoms with van der Waals surface area (Å²) in [6.45, 7) is 6.60. The molecule has 0 unspecified atom stereocenters. The molecule has 0 spiro atoms. The molecular weight excluding hydrogens is 174 g/mol. The van der Waals surface area contributed by atoms with Crippen LogP contribution in [0, 0.1) is 0 Å². The SMILES string of the molecule is CC(C)(C)c1ccc2[nH+]c(N)[nH]c2c1. The topological polar surface area (TPSA) is 55.9 Å². The van der Waals surface area contributed by atoms with Crippen LogP contribution >= 0.6 is 0 Å². The number of nitrogens with two attached hydrogens (primary N) is 1. The zero-order valence-electron chi connectivity index (χ0n) is 8.81. The van der Waals surface area contributed by atoms with Crippen molar-refractivity contribution in [2.75, 3.05) is 5.73 Å². The van der Waals surface area contributed by atoms with Crippen molar-refractivity contribution in [2.24, 2.45) is 0 Å². The van der Waals surface area contributed by atoms with E-state index in [-0.39, 0.29) is 5.41 Å². The summed E-state index contributed by atoms with van der Waals surface area (Å²) in [5, 5.41) is 0. The van der Waals surface area contributed by atoms with Gasteiger partial charge in [-0.15, -0.1) is 0 Å². The number of H-pyrrole nitrogens is 2. The molecule has 0 saturated carbocycles. The Morgan fingerprint density at radius 1 is 1.29 bits per heavy atom. The highest BCUT2D eigenvalue weighted by Gasteiger charge is 2.15. The van der Waals surface area contributed by atoms with Crippen LogP contribution in [0.15, 0.2) is 18.2 Å². The predicted molar refractivity (Wildman–Crippen MR) is 58.0 cm³/mol. The van der Waals surface area contributed by atoms with Crippen molar-refractivity contribution in [3.63, 3.8) is 0 Å². The van der Waals surface area contributed by atoms with Gasteiger partial charge in [-0.2, -0.15) is 0 Å². The molecule has 1 aromatic heterocycles. The Balaban J connectivity index is 2.62. The third kappa shape index (κ3) is 1.45. The summed E-state index contributed by atoms with van der Waals surface area (Å²) in [5.74, 6) is 0.603. The Bertz CT molecular complexity index is 463. The Kier molecular flexibility index (Phi) is 1.77. The molecule has 0 radical (unpaired) electrons. The fraction of sp³-hybridized carbons (Fsp3) is 0.364. The van der Waals surface area contributed by atoms with Gasteiger partial charge in [-0.05, 0) is 23.1 Å². The minimum Gasteiger partial charge on any atom is -0.290 e. The highest BCUT2D eigenvalue weighted by atomic mass is 15.0. The van der Waals surface area contributed by atoms with Gasteiger partial charge in [-0.3, -0.25) is 5.73 Å². The third-order valence-corrected chi connectivity index (χ3v) is 2.42. The van der Waals surface area contributed by atoms with Crippen molar-refractivity contribution >= 4 is 17.0 Å². The lowest BCUT2D eigenvalue weighted by atomic mass is 9.87. The van der Waals surface area contributed by atoms with Gasteiger partial charge in [0.25, 0.3) is 0 Å². The number of rotatable bonds is 0. The maximum atomic E-state index is 5.64. The number of benzene rings is 1. The maximum Gasteiger partial charge on any atom is 0.351 e. The van der Waals surface area contributed by atoms with Crippen molar-refractivity contribution in [1.82, 2.24) is 4.98 Å². The first-order chi connectivity index (χ1) is 6.47. The average Bonchev–Trinajstić information content (AvgIpc) is 2.41. The highest BCUT2D eigenvalue weighted by molar-refractivity contribution is 5.73. The number of hydrogen-bond donors (Lipinski definition) is 2. The fourth-order valence-electron chi connectivity index (χ4n) is 1.54. The molecule has 2 aromatic rings. The first-order valence-corrected chi connectivity index (χ1v) is 4.78. The van der Waals surface area contributed by atoms with Crippen LogP contribution in [0.1, 0.15) is 26.3 Å². The van der Waals surface area contributed by atoms with E-state index in [1.54, 1.807) is 0 Å². The Hall–Kier alpha value is -1.51. The van der Waals surface area contributed by atoms with E-state index in [9.17, 15) is 0 Å². The van der Waals surface area contributed by atoms with Crippen LogP contribution < -0.4 is 10.7 Å². The maximum absolute atomic E-state index is 5.64. The molecule has 3 heteroatoms. The number of hydrogen-bond acceptors (Lipinski definition) is 1.